The molecule has 31 heavy (non-hydrogen) atoms. The Bertz CT molecular complexity index is 1200. The van der Waals surface area contributed by atoms with E-state index in [2.05, 4.69) is 51.8 Å². The number of thiophene rings is 1. The Balaban J connectivity index is 1.59. The second-order valence-corrected chi connectivity index (χ2v) is 7.89. The zero-order chi connectivity index (χ0) is 21.8. The number of urea groups is 1. The Morgan fingerprint density at radius 2 is 1.84 bits per heavy atom. The predicted octanol–water partition coefficient (Wildman–Crippen LogP) is 5.73. The highest BCUT2D eigenvalue weighted by Crippen LogP contribution is 2.36. The number of nitrogens with one attached hydrogen (secondary N) is 2. The maximum atomic E-state index is 12.7. The van der Waals surface area contributed by atoms with E-state index in [0.717, 1.165) is 23.2 Å². The van der Waals surface area contributed by atoms with Crippen molar-refractivity contribution in [2.24, 2.45) is 0 Å². The molecule has 0 unspecified atom stereocenters. The molecule has 0 saturated carbocycles. The number of carbonyl (C=O) groups is 1. The number of amides is 2. The van der Waals surface area contributed by atoms with Gasteiger partial charge in [0.25, 0.3) is 0 Å². The quantitative estimate of drug-likeness (QED) is 0.390. The van der Waals surface area contributed by atoms with Crippen LogP contribution in [-0.4, -0.2) is 24.8 Å². The van der Waals surface area contributed by atoms with E-state index in [1.54, 1.807) is 43.8 Å². The zero-order valence-corrected chi connectivity index (χ0v) is 18.6. The minimum Gasteiger partial charge on any atom is -0.493 e. The molecule has 4 rings (SSSR count). The van der Waals surface area contributed by atoms with Gasteiger partial charge in [0.05, 0.1) is 24.8 Å². The number of methoxy groups -OCH3 is 2. The number of nitrogens with zero attached hydrogens (tertiary/aromatic N) is 1. The van der Waals surface area contributed by atoms with Crippen LogP contribution < -0.4 is 20.1 Å². The Morgan fingerprint density at radius 1 is 1.03 bits per heavy atom. The molecule has 2 aromatic heterocycles. The number of ether oxygens (including phenoxy) is 2. The Morgan fingerprint density at radius 3 is 2.55 bits per heavy atom. The fraction of sp³-hybridized carbons (Fsp3) is 0.208. The number of aromatic nitrogens is 1. The summed E-state index contributed by atoms with van der Waals surface area (Å²) >= 11 is 1.70. The Kier molecular flexibility index (Phi) is 6.13. The third-order valence-corrected chi connectivity index (χ3v) is 6.09. The summed E-state index contributed by atoms with van der Waals surface area (Å²) in [7, 11) is 3.15. The second-order valence-electron chi connectivity index (χ2n) is 6.94. The predicted molar refractivity (Wildman–Crippen MR) is 126 cm³/mol. The van der Waals surface area contributed by atoms with E-state index in [1.807, 2.05) is 12.1 Å². The number of para-hydroxylation sites is 1. The number of anilines is 1. The van der Waals surface area contributed by atoms with E-state index in [0.29, 0.717) is 23.7 Å². The molecule has 2 aromatic carbocycles. The summed E-state index contributed by atoms with van der Waals surface area (Å²) in [6, 6.07) is 17.5. The van der Waals surface area contributed by atoms with Crippen molar-refractivity contribution < 1.29 is 14.3 Å². The van der Waals surface area contributed by atoms with Crippen LogP contribution in [-0.2, 0) is 13.1 Å². The molecule has 7 heteroatoms. The molecular weight excluding hydrogens is 410 g/mol. The zero-order valence-electron chi connectivity index (χ0n) is 17.8. The standard InChI is InChI=1S/C24H25N3O3S/c1-4-27-19-9-6-5-8-17(19)18(23(27)22-10-7-13-31-22)15-25-24(28)26-16-11-12-20(29-2)21(14-16)30-3/h5-14H,4,15H2,1-3H3,(H2,25,26,28). The number of carbonyl (C=O) groups excluding carboxylic acids is 1. The van der Waals surface area contributed by atoms with E-state index in [4.69, 9.17) is 9.47 Å². The van der Waals surface area contributed by atoms with Crippen LogP contribution in [0.25, 0.3) is 21.5 Å². The van der Waals surface area contributed by atoms with Crippen molar-refractivity contribution in [1.29, 1.82) is 0 Å². The highest BCUT2D eigenvalue weighted by atomic mass is 32.1. The first-order valence-electron chi connectivity index (χ1n) is 10.1. The molecule has 6 nitrogen and oxygen atoms in total. The van der Waals surface area contributed by atoms with E-state index < -0.39 is 0 Å². The summed E-state index contributed by atoms with van der Waals surface area (Å²) in [4.78, 5) is 13.8. The van der Waals surface area contributed by atoms with E-state index in [-0.39, 0.29) is 6.03 Å². The van der Waals surface area contributed by atoms with Gasteiger partial charge in [-0.15, -0.1) is 11.3 Å². The summed E-state index contributed by atoms with van der Waals surface area (Å²) in [6.07, 6.45) is 0. The monoisotopic (exact) mass is 435 g/mol. The summed E-state index contributed by atoms with van der Waals surface area (Å²) in [5, 5.41) is 9.12. The largest absolute Gasteiger partial charge is 0.493 e. The van der Waals surface area contributed by atoms with Gasteiger partial charge < -0.3 is 24.7 Å². The molecule has 0 atom stereocenters. The summed E-state index contributed by atoms with van der Waals surface area (Å²) < 4.78 is 12.9. The summed E-state index contributed by atoms with van der Waals surface area (Å²) in [5.41, 5.74) is 4.07. The van der Waals surface area contributed by atoms with Crippen molar-refractivity contribution in [2.45, 2.75) is 20.0 Å². The average Bonchev–Trinajstić information content (AvgIpc) is 3.43. The molecule has 0 aliphatic rings. The number of benzene rings is 2. The molecule has 0 aliphatic heterocycles. The minimum absolute atomic E-state index is 0.280. The molecule has 0 fully saturated rings. The van der Waals surface area contributed by atoms with Gasteiger partial charge in [0, 0.05) is 41.3 Å². The number of hydrogen-bond donors (Lipinski definition) is 2. The lowest BCUT2D eigenvalue weighted by Gasteiger charge is -2.12. The van der Waals surface area contributed by atoms with Gasteiger partial charge in [0.1, 0.15) is 0 Å². The molecule has 0 saturated heterocycles. The highest BCUT2D eigenvalue weighted by molar-refractivity contribution is 7.13. The molecule has 2 heterocycles. The van der Waals surface area contributed by atoms with E-state index in [9.17, 15) is 4.79 Å². The van der Waals surface area contributed by atoms with Gasteiger partial charge in [-0.1, -0.05) is 24.3 Å². The van der Waals surface area contributed by atoms with Crippen molar-refractivity contribution in [3.63, 3.8) is 0 Å². The lowest BCUT2D eigenvalue weighted by atomic mass is 10.1. The molecule has 0 spiro atoms. The third kappa shape index (κ3) is 4.09. The molecular formula is C24H25N3O3S. The highest BCUT2D eigenvalue weighted by Gasteiger charge is 2.19. The number of rotatable bonds is 7. The van der Waals surface area contributed by atoms with Crippen LogP contribution in [0.4, 0.5) is 10.5 Å². The number of fused-ring (bicyclic) bond motifs is 1. The normalized spacial score (nSPS) is 10.8. The number of aryl methyl sites for hydroxylation is 1. The fourth-order valence-electron chi connectivity index (χ4n) is 3.84. The fourth-order valence-corrected chi connectivity index (χ4v) is 4.64. The summed E-state index contributed by atoms with van der Waals surface area (Å²) in [6.45, 7) is 3.41. The smallest absolute Gasteiger partial charge is 0.319 e. The van der Waals surface area contributed by atoms with Crippen molar-refractivity contribution in [3.8, 4) is 22.1 Å². The van der Waals surface area contributed by atoms with Crippen LogP contribution in [0.15, 0.2) is 60.0 Å². The third-order valence-electron chi connectivity index (χ3n) is 5.21. The van der Waals surface area contributed by atoms with Gasteiger partial charge in [-0.05, 0) is 36.6 Å². The van der Waals surface area contributed by atoms with Crippen LogP contribution in [0, 0.1) is 0 Å². The van der Waals surface area contributed by atoms with Crippen molar-refractivity contribution in [3.05, 3.63) is 65.5 Å². The average molecular weight is 436 g/mol. The van der Waals surface area contributed by atoms with Gasteiger partial charge in [0.2, 0.25) is 0 Å². The molecule has 2 amide bonds. The van der Waals surface area contributed by atoms with Crippen LogP contribution in [0.2, 0.25) is 0 Å². The van der Waals surface area contributed by atoms with Gasteiger partial charge in [-0.3, -0.25) is 0 Å². The maximum absolute atomic E-state index is 12.7. The van der Waals surface area contributed by atoms with Gasteiger partial charge >= 0.3 is 6.03 Å². The van der Waals surface area contributed by atoms with Crippen LogP contribution in [0.5, 0.6) is 11.5 Å². The van der Waals surface area contributed by atoms with Crippen molar-refractivity contribution >= 4 is 34.0 Å². The van der Waals surface area contributed by atoms with Crippen LogP contribution >= 0.6 is 11.3 Å². The SMILES string of the molecule is CCn1c(-c2cccs2)c(CNC(=O)Nc2ccc(OC)c(OC)c2)c2ccccc21. The lowest BCUT2D eigenvalue weighted by Crippen LogP contribution is -2.28. The maximum Gasteiger partial charge on any atom is 0.319 e. The number of hydrogen-bond acceptors (Lipinski definition) is 4. The minimum atomic E-state index is -0.280. The van der Waals surface area contributed by atoms with Gasteiger partial charge in [0.15, 0.2) is 11.5 Å². The molecule has 2 N–H and O–H groups in total. The topological polar surface area (TPSA) is 64.5 Å². The van der Waals surface area contributed by atoms with Crippen molar-refractivity contribution in [2.75, 3.05) is 19.5 Å². The Hall–Kier alpha value is -3.45. The van der Waals surface area contributed by atoms with Crippen LogP contribution in [0.3, 0.4) is 0 Å². The van der Waals surface area contributed by atoms with Crippen molar-refractivity contribution in [1.82, 2.24) is 9.88 Å². The molecule has 160 valence electrons. The van der Waals surface area contributed by atoms with E-state index >= 15 is 0 Å². The summed E-state index contributed by atoms with van der Waals surface area (Å²) in [5.74, 6) is 1.17. The molecule has 4 aromatic rings. The van der Waals surface area contributed by atoms with Crippen LogP contribution in [0.1, 0.15) is 12.5 Å². The molecule has 0 radical (unpaired) electrons. The second kappa shape index (κ2) is 9.14. The Labute approximate surface area is 185 Å². The molecule has 0 aliphatic carbocycles. The molecule has 0 bridgehead atoms. The first-order valence-corrected chi connectivity index (χ1v) is 10.9. The van der Waals surface area contributed by atoms with Gasteiger partial charge in [-0.25, -0.2) is 4.79 Å². The lowest BCUT2D eigenvalue weighted by molar-refractivity contribution is 0.252. The van der Waals surface area contributed by atoms with Gasteiger partial charge in [-0.2, -0.15) is 0 Å². The van der Waals surface area contributed by atoms with E-state index in [1.165, 1.54) is 10.4 Å². The first kappa shape index (κ1) is 20.8. The first-order chi connectivity index (χ1) is 15.2.